The van der Waals surface area contributed by atoms with E-state index in [1.165, 1.54) is 0 Å². The first-order valence-corrected chi connectivity index (χ1v) is 6.76. The van der Waals surface area contributed by atoms with Crippen molar-refractivity contribution >= 4 is 11.9 Å². The van der Waals surface area contributed by atoms with E-state index in [1.807, 2.05) is 0 Å². The highest BCUT2D eigenvalue weighted by molar-refractivity contribution is 5.85. The number of nitrogens with one attached hydrogen (secondary N) is 1. The Morgan fingerprint density at radius 1 is 1.11 bits per heavy atom. The summed E-state index contributed by atoms with van der Waals surface area (Å²) >= 11 is 0. The molecule has 2 atom stereocenters. The van der Waals surface area contributed by atoms with Gasteiger partial charge in [-0.1, -0.05) is 6.42 Å². The predicted molar refractivity (Wildman–Crippen MR) is 65.0 cm³/mol. The van der Waals surface area contributed by atoms with Crippen molar-refractivity contribution in [1.82, 2.24) is 5.32 Å². The number of ether oxygens (including phenoxy) is 1. The molecule has 2 N–H and O–H groups in total. The van der Waals surface area contributed by atoms with Crippen LogP contribution in [0.1, 0.15) is 32.1 Å². The molecule has 1 saturated heterocycles. The van der Waals surface area contributed by atoms with E-state index in [0.29, 0.717) is 25.3 Å². The van der Waals surface area contributed by atoms with Crippen molar-refractivity contribution in [3.05, 3.63) is 0 Å². The molecule has 0 aromatic carbocycles. The minimum atomic E-state index is -0.835. The Balaban J connectivity index is 1.78. The maximum absolute atomic E-state index is 12.0. The number of amides is 1. The molecule has 1 amide bonds. The zero-order valence-corrected chi connectivity index (χ0v) is 10.6. The third kappa shape index (κ3) is 3.22. The summed E-state index contributed by atoms with van der Waals surface area (Å²) in [7, 11) is 0. The highest BCUT2D eigenvalue weighted by atomic mass is 16.5. The largest absolute Gasteiger partial charge is 0.481 e. The summed E-state index contributed by atoms with van der Waals surface area (Å²) in [6, 6.07) is 0. The van der Waals surface area contributed by atoms with Crippen molar-refractivity contribution in [3.8, 4) is 0 Å². The summed E-state index contributed by atoms with van der Waals surface area (Å²) in [4.78, 5) is 23.0. The van der Waals surface area contributed by atoms with Crippen LogP contribution in [0.3, 0.4) is 0 Å². The van der Waals surface area contributed by atoms with Gasteiger partial charge in [-0.25, -0.2) is 0 Å². The van der Waals surface area contributed by atoms with Gasteiger partial charge in [0.15, 0.2) is 0 Å². The molecule has 1 aliphatic heterocycles. The molecule has 2 aliphatic rings. The van der Waals surface area contributed by atoms with Crippen LogP contribution in [0.2, 0.25) is 0 Å². The lowest BCUT2D eigenvalue weighted by atomic mass is 9.94. The first-order chi connectivity index (χ1) is 8.68. The fourth-order valence-corrected chi connectivity index (χ4v) is 2.90. The molecule has 0 radical (unpaired) electrons. The van der Waals surface area contributed by atoms with Crippen molar-refractivity contribution in [2.45, 2.75) is 32.1 Å². The average Bonchev–Trinajstić information content (AvgIpc) is 2.86. The van der Waals surface area contributed by atoms with Gasteiger partial charge < -0.3 is 15.2 Å². The Morgan fingerprint density at radius 2 is 1.78 bits per heavy atom. The number of carbonyl (C=O) groups is 2. The average molecular weight is 255 g/mol. The molecule has 5 nitrogen and oxygen atoms in total. The summed E-state index contributed by atoms with van der Waals surface area (Å²) in [5, 5.41) is 12.0. The molecule has 18 heavy (non-hydrogen) atoms. The smallest absolute Gasteiger partial charge is 0.307 e. The van der Waals surface area contributed by atoms with Gasteiger partial charge in [0.2, 0.25) is 5.91 Å². The number of aliphatic carboxylic acids is 1. The summed E-state index contributed by atoms with van der Waals surface area (Å²) < 4.78 is 5.26. The SMILES string of the molecule is O=C(O)C1CCCC1C(=O)NCC1CCOCC1. The van der Waals surface area contributed by atoms with Gasteiger partial charge in [-0.15, -0.1) is 0 Å². The van der Waals surface area contributed by atoms with E-state index in [1.54, 1.807) is 0 Å². The van der Waals surface area contributed by atoms with Gasteiger partial charge in [0.05, 0.1) is 11.8 Å². The van der Waals surface area contributed by atoms with Crippen LogP contribution in [-0.4, -0.2) is 36.7 Å². The quantitative estimate of drug-likeness (QED) is 0.786. The van der Waals surface area contributed by atoms with Gasteiger partial charge in [0.1, 0.15) is 0 Å². The number of carboxylic acid groups (broad SMARTS) is 1. The molecule has 1 saturated carbocycles. The van der Waals surface area contributed by atoms with E-state index in [0.717, 1.165) is 32.5 Å². The Labute approximate surface area is 107 Å². The van der Waals surface area contributed by atoms with Gasteiger partial charge in [-0.05, 0) is 31.6 Å². The van der Waals surface area contributed by atoms with Gasteiger partial charge in [-0.3, -0.25) is 9.59 Å². The van der Waals surface area contributed by atoms with Crippen LogP contribution in [0, 0.1) is 17.8 Å². The summed E-state index contributed by atoms with van der Waals surface area (Å²) in [6.45, 7) is 2.19. The zero-order valence-electron chi connectivity index (χ0n) is 10.6. The lowest BCUT2D eigenvalue weighted by Crippen LogP contribution is -2.38. The minimum Gasteiger partial charge on any atom is -0.481 e. The molecule has 2 unspecified atom stereocenters. The van der Waals surface area contributed by atoms with Crippen LogP contribution in [-0.2, 0) is 14.3 Å². The summed E-state index contributed by atoms with van der Waals surface area (Å²) in [6.07, 6.45) is 4.13. The number of carboxylic acids is 1. The first-order valence-electron chi connectivity index (χ1n) is 6.76. The van der Waals surface area contributed by atoms with Crippen molar-refractivity contribution in [2.75, 3.05) is 19.8 Å². The molecule has 1 aliphatic carbocycles. The molecule has 5 heteroatoms. The molecule has 0 bridgehead atoms. The van der Waals surface area contributed by atoms with E-state index in [4.69, 9.17) is 9.84 Å². The third-order valence-corrected chi connectivity index (χ3v) is 4.08. The molecule has 0 spiro atoms. The van der Waals surface area contributed by atoms with E-state index in [2.05, 4.69) is 5.32 Å². The second-order valence-corrected chi connectivity index (χ2v) is 5.28. The number of rotatable bonds is 4. The Hall–Kier alpha value is -1.10. The third-order valence-electron chi connectivity index (χ3n) is 4.08. The van der Waals surface area contributed by atoms with E-state index in [-0.39, 0.29) is 11.8 Å². The molecule has 1 heterocycles. The summed E-state index contributed by atoms with van der Waals surface area (Å²) in [5.74, 6) is -1.25. The lowest BCUT2D eigenvalue weighted by Gasteiger charge is -2.23. The molecule has 2 rings (SSSR count). The zero-order chi connectivity index (χ0) is 13.0. The van der Waals surface area contributed by atoms with Gasteiger partial charge in [-0.2, -0.15) is 0 Å². The van der Waals surface area contributed by atoms with Crippen LogP contribution < -0.4 is 5.32 Å². The van der Waals surface area contributed by atoms with E-state index in [9.17, 15) is 9.59 Å². The number of hydrogen-bond donors (Lipinski definition) is 2. The van der Waals surface area contributed by atoms with E-state index >= 15 is 0 Å². The lowest BCUT2D eigenvalue weighted by molar-refractivity contribution is -0.146. The second-order valence-electron chi connectivity index (χ2n) is 5.28. The van der Waals surface area contributed by atoms with Crippen LogP contribution >= 0.6 is 0 Å². The molecule has 102 valence electrons. The normalized spacial score (nSPS) is 29.1. The van der Waals surface area contributed by atoms with Crippen molar-refractivity contribution in [2.24, 2.45) is 17.8 Å². The van der Waals surface area contributed by atoms with Crippen molar-refractivity contribution < 1.29 is 19.4 Å². The standard InChI is InChI=1S/C13H21NO4/c15-12(10-2-1-3-11(10)13(16)17)14-8-9-4-6-18-7-5-9/h9-11H,1-8H2,(H,14,15)(H,16,17). The fourth-order valence-electron chi connectivity index (χ4n) is 2.90. The number of carbonyl (C=O) groups excluding carboxylic acids is 1. The van der Waals surface area contributed by atoms with Crippen LogP contribution in [0.4, 0.5) is 0 Å². The summed E-state index contributed by atoms with van der Waals surface area (Å²) in [5.41, 5.74) is 0. The first kappa shape index (κ1) is 13.3. The number of hydrogen-bond acceptors (Lipinski definition) is 3. The molecule has 2 fully saturated rings. The second kappa shape index (κ2) is 6.18. The van der Waals surface area contributed by atoms with Crippen molar-refractivity contribution in [3.63, 3.8) is 0 Å². The highest BCUT2D eigenvalue weighted by Crippen LogP contribution is 2.32. The maximum Gasteiger partial charge on any atom is 0.307 e. The van der Waals surface area contributed by atoms with Crippen LogP contribution in [0.25, 0.3) is 0 Å². The minimum absolute atomic E-state index is 0.0774. The Morgan fingerprint density at radius 3 is 2.44 bits per heavy atom. The van der Waals surface area contributed by atoms with E-state index < -0.39 is 11.9 Å². The maximum atomic E-state index is 12.0. The van der Waals surface area contributed by atoms with Crippen molar-refractivity contribution in [1.29, 1.82) is 0 Å². The topological polar surface area (TPSA) is 75.6 Å². The molecular weight excluding hydrogens is 234 g/mol. The van der Waals surface area contributed by atoms with Crippen LogP contribution in [0.15, 0.2) is 0 Å². The Bertz CT molecular complexity index is 312. The van der Waals surface area contributed by atoms with Gasteiger partial charge >= 0.3 is 5.97 Å². The predicted octanol–water partition coefficient (Wildman–Crippen LogP) is 1.03. The monoisotopic (exact) mass is 255 g/mol. The van der Waals surface area contributed by atoms with Gasteiger partial charge in [0, 0.05) is 19.8 Å². The molecular formula is C13H21NO4. The molecule has 0 aromatic heterocycles. The van der Waals surface area contributed by atoms with Crippen LogP contribution in [0.5, 0.6) is 0 Å². The highest BCUT2D eigenvalue weighted by Gasteiger charge is 2.37. The molecule has 0 aromatic rings. The fraction of sp³-hybridized carbons (Fsp3) is 0.846. The Kier molecular flexibility index (Phi) is 4.58. The van der Waals surface area contributed by atoms with Gasteiger partial charge in [0.25, 0.3) is 0 Å².